The van der Waals surface area contributed by atoms with E-state index in [4.69, 9.17) is 16.3 Å². The summed E-state index contributed by atoms with van der Waals surface area (Å²) in [7, 11) is 1.43. The largest absolute Gasteiger partial charge is 0.573 e. The highest BCUT2D eigenvalue weighted by atomic mass is 35.5. The SMILES string of the molecule is COc1nccc(-c2ccc(OC(F)(F)F)cc2)c1Cl. The second kappa shape index (κ2) is 5.58. The van der Waals surface area contributed by atoms with E-state index in [1.54, 1.807) is 6.07 Å². The molecule has 106 valence electrons. The van der Waals surface area contributed by atoms with Crippen molar-refractivity contribution >= 4 is 11.6 Å². The molecule has 0 aliphatic heterocycles. The number of benzene rings is 1. The number of hydrogen-bond donors (Lipinski definition) is 0. The molecular formula is C13H9ClF3NO2. The second-order valence-corrected chi connectivity index (χ2v) is 4.13. The Hall–Kier alpha value is -1.95. The predicted octanol–water partition coefficient (Wildman–Crippen LogP) is 4.31. The van der Waals surface area contributed by atoms with Crippen LogP contribution in [0.4, 0.5) is 13.2 Å². The summed E-state index contributed by atoms with van der Waals surface area (Å²) in [6.07, 6.45) is -3.21. The Morgan fingerprint density at radius 3 is 2.30 bits per heavy atom. The van der Waals surface area contributed by atoms with E-state index in [1.807, 2.05) is 0 Å². The lowest BCUT2D eigenvalue weighted by Gasteiger charge is -2.10. The lowest BCUT2D eigenvalue weighted by Crippen LogP contribution is -2.16. The van der Waals surface area contributed by atoms with Crippen molar-refractivity contribution in [3.8, 4) is 22.8 Å². The van der Waals surface area contributed by atoms with Gasteiger partial charge in [0.2, 0.25) is 5.88 Å². The molecule has 20 heavy (non-hydrogen) atoms. The van der Waals surface area contributed by atoms with Gasteiger partial charge in [-0.3, -0.25) is 0 Å². The minimum Gasteiger partial charge on any atom is -0.480 e. The first-order chi connectivity index (χ1) is 9.40. The van der Waals surface area contributed by atoms with Crippen LogP contribution in [0, 0.1) is 0 Å². The van der Waals surface area contributed by atoms with Crippen LogP contribution in [0.2, 0.25) is 5.02 Å². The first kappa shape index (κ1) is 14.5. The molecular weight excluding hydrogens is 295 g/mol. The molecule has 2 aromatic rings. The van der Waals surface area contributed by atoms with Gasteiger partial charge in [-0.2, -0.15) is 0 Å². The molecule has 0 aliphatic rings. The molecule has 0 atom stereocenters. The first-order valence-electron chi connectivity index (χ1n) is 5.45. The van der Waals surface area contributed by atoms with Gasteiger partial charge in [0.25, 0.3) is 0 Å². The molecule has 3 nitrogen and oxygen atoms in total. The Kier molecular flexibility index (Phi) is 4.04. The van der Waals surface area contributed by atoms with Crippen LogP contribution in [0.15, 0.2) is 36.5 Å². The molecule has 1 aromatic heterocycles. The van der Waals surface area contributed by atoms with Crippen molar-refractivity contribution in [2.75, 3.05) is 7.11 Å². The highest BCUT2D eigenvalue weighted by Gasteiger charge is 2.31. The Morgan fingerprint density at radius 2 is 1.75 bits per heavy atom. The maximum atomic E-state index is 12.1. The summed E-state index contributed by atoms with van der Waals surface area (Å²) in [6.45, 7) is 0. The number of nitrogens with zero attached hydrogens (tertiary/aromatic N) is 1. The Morgan fingerprint density at radius 1 is 1.10 bits per heavy atom. The molecule has 0 aliphatic carbocycles. The van der Waals surface area contributed by atoms with Crippen LogP contribution < -0.4 is 9.47 Å². The quantitative estimate of drug-likeness (QED) is 0.846. The minimum atomic E-state index is -4.71. The third kappa shape index (κ3) is 3.33. The van der Waals surface area contributed by atoms with Crippen LogP contribution >= 0.6 is 11.6 Å². The number of hydrogen-bond acceptors (Lipinski definition) is 3. The number of halogens is 4. The van der Waals surface area contributed by atoms with Gasteiger partial charge in [0.05, 0.1) is 7.11 Å². The van der Waals surface area contributed by atoms with Crippen LogP contribution in [-0.2, 0) is 0 Å². The number of methoxy groups -OCH3 is 1. The van der Waals surface area contributed by atoms with Crippen molar-refractivity contribution in [1.82, 2.24) is 4.98 Å². The summed E-state index contributed by atoms with van der Waals surface area (Å²) in [5, 5.41) is 0.291. The van der Waals surface area contributed by atoms with Gasteiger partial charge in [-0.1, -0.05) is 23.7 Å². The molecule has 2 rings (SSSR count). The lowest BCUT2D eigenvalue weighted by atomic mass is 10.1. The minimum absolute atomic E-state index is 0.250. The van der Waals surface area contributed by atoms with Gasteiger partial charge in [0, 0.05) is 11.8 Å². The van der Waals surface area contributed by atoms with Gasteiger partial charge in [0.1, 0.15) is 10.8 Å². The second-order valence-electron chi connectivity index (χ2n) is 3.75. The lowest BCUT2D eigenvalue weighted by molar-refractivity contribution is -0.274. The van der Waals surface area contributed by atoms with E-state index >= 15 is 0 Å². The third-order valence-electron chi connectivity index (χ3n) is 2.45. The van der Waals surface area contributed by atoms with Crippen molar-refractivity contribution in [2.24, 2.45) is 0 Å². The molecule has 0 saturated heterocycles. The number of pyridine rings is 1. The van der Waals surface area contributed by atoms with Gasteiger partial charge < -0.3 is 9.47 Å². The van der Waals surface area contributed by atoms with Gasteiger partial charge in [-0.05, 0) is 23.8 Å². The normalized spacial score (nSPS) is 11.2. The Bertz CT molecular complexity index is 600. The molecule has 0 saturated carbocycles. The molecule has 1 heterocycles. The number of ether oxygens (including phenoxy) is 2. The fraction of sp³-hybridized carbons (Fsp3) is 0.154. The molecule has 0 amide bonds. The average molecular weight is 304 g/mol. The zero-order valence-corrected chi connectivity index (χ0v) is 11.0. The summed E-state index contributed by atoms with van der Waals surface area (Å²) in [4.78, 5) is 3.92. The van der Waals surface area contributed by atoms with Crippen LogP contribution in [0.1, 0.15) is 0 Å². The van der Waals surface area contributed by atoms with Gasteiger partial charge >= 0.3 is 6.36 Å². The monoisotopic (exact) mass is 303 g/mol. The van der Waals surface area contributed by atoms with E-state index in [2.05, 4.69) is 9.72 Å². The van der Waals surface area contributed by atoms with E-state index in [1.165, 1.54) is 37.6 Å². The molecule has 7 heteroatoms. The van der Waals surface area contributed by atoms with Crippen LogP contribution in [-0.4, -0.2) is 18.5 Å². The third-order valence-corrected chi connectivity index (χ3v) is 2.81. The predicted molar refractivity (Wildman–Crippen MR) is 67.9 cm³/mol. The highest BCUT2D eigenvalue weighted by Crippen LogP contribution is 2.34. The summed E-state index contributed by atoms with van der Waals surface area (Å²) >= 11 is 6.09. The molecule has 0 fully saturated rings. The van der Waals surface area contributed by atoms with Crippen molar-refractivity contribution < 1.29 is 22.6 Å². The number of alkyl halides is 3. The van der Waals surface area contributed by atoms with Crippen LogP contribution in [0.25, 0.3) is 11.1 Å². The van der Waals surface area contributed by atoms with Gasteiger partial charge in [-0.15, -0.1) is 13.2 Å². The molecule has 0 bridgehead atoms. The van der Waals surface area contributed by atoms with E-state index in [0.29, 0.717) is 16.1 Å². The first-order valence-corrected chi connectivity index (χ1v) is 5.83. The topological polar surface area (TPSA) is 31.4 Å². The van der Waals surface area contributed by atoms with Crippen molar-refractivity contribution in [3.63, 3.8) is 0 Å². The van der Waals surface area contributed by atoms with E-state index in [0.717, 1.165) is 0 Å². The van der Waals surface area contributed by atoms with E-state index < -0.39 is 6.36 Å². The summed E-state index contributed by atoms with van der Waals surface area (Å²) in [5.74, 6) is -0.0434. The number of rotatable bonds is 3. The Balaban J connectivity index is 2.31. The standard InChI is InChI=1S/C13H9ClF3NO2/c1-19-12-11(14)10(6-7-18-12)8-2-4-9(5-3-8)20-13(15,16)17/h2-7H,1H3. The fourth-order valence-electron chi connectivity index (χ4n) is 1.63. The molecule has 0 N–H and O–H groups in total. The number of aromatic nitrogens is 1. The van der Waals surface area contributed by atoms with Crippen LogP contribution in [0.3, 0.4) is 0 Å². The fourth-order valence-corrected chi connectivity index (χ4v) is 1.92. The average Bonchev–Trinajstić information content (AvgIpc) is 2.38. The molecule has 0 radical (unpaired) electrons. The summed E-state index contributed by atoms with van der Waals surface area (Å²) < 4.78 is 45.0. The summed E-state index contributed by atoms with van der Waals surface area (Å²) in [5.41, 5.74) is 1.24. The van der Waals surface area contributed by atoms with E-state index in [-0.39, 0.29) is 11.6 Å². The van der Waals surface area contributed by atoms with E-state index in [9.17, 15) is 13.2 Å². The smallest absolute Gasteiger partial charge is 0.480 e. The van der Waals surface area contributed by atoms with Gasteiger partial charge in [0.15, 0.2) is 0 Å². The highest BCUT2D eigenvalue weighted by molar-refractivity contribution is 6.34. The zero-order valence-electron chi connectivity index (χ0n) is 10.2. The van der Waals surface area contributed by atoms with Gasteiger partial charge in [-0.25, -0.2) is 4.98 Å². The maximum absolute atomic E-state index is 12.1. The Labute approximate surface area is 117 Å². The summed E-state index contributed by atoms with van der Waals surface area (Å²) in [6, 6.07) is 7.02. The molecule has 0 unspecified atom stereocenters. The maximum Gasteiger partial charge on any atom is 0.573 e. The molecule has 1 aromatic carbocycles. The zero-order chi connectivity index (χ0) is 14.8. The van der Waals surface area contributed by atoms with Crippen molar-refractivity contribution in [3.05, 3.63) is 41.6 Å². The van der Waals surface area contributed by atoms with Crippen molar-refractivity contribution in [2.45, 2.75) is 6.36 Å². The van der Waals surface area contributed by atoms with Crippen LogP contribution in [0.5, 0.6) is 11.6 Å². The van der Waals surface area contributed by atoms with Crippen molar-refractivity contribution in [1.29, 1.82) is 0 Å². The molecule has 0 spiro atoms.